The van der Waals surface area contributed by atoms with Crippen LogP contribution in [0.5, 0.6) is 0 Å². The van der Waals surface area contributed by atoms with Crippen LogP contribution in [0.4, 0.5) is 4.79 Å². The number of carbonyl (C=O) groups excluding carboxylic acids is 1. The van der Waals surface area contributed by atoms with E-state index in [1.165, 1.54) is 32.1 Å². The largest absolute Gasteiger partial charge is 0.446 e. The topological polar surface area (TPSA) is 71.6 Å². The van der Waals surface area contributed by atoms with Crippen LogP contribution in [0.1, 0.15) is 64.7 Å². The third-order valence-corrected chi connectivity index (χ3v) is 5.51. The number of rotatable bonds is 4. The molecule has 6 nitrogen and oxygen atoms in total. The van der Waals surface area contributed by atoms with Gasteiger partial charge in [0, 0.05) is 6.54 Å². The van der Waals surface area contributed by atoms with Crippen molar-refractivity contribution >= 4 is 6.09 Å². The fraction of sp³-hybridized carbons (Fsp3) is 0.941. The zero-order valence-corrected chi connectivity index (χ0v) is 14.2. The fourth-order valence-electron chi connectivity index (χ4n) is 4.06. The van der Waals surface area contributed by atoms with E-state index < -0.39 is 0 Å². The van der Waals surface area contributed by atoms with Crippen LogP contribution in [0.2, 0.25) is 0 Å². The number of hydroxylamine groups is 1. The van der Waals surface area contributed by atoms with Crippen LogP contribution < -0.4 is 16.1 Å². The molecule has 3 rings (SSSR count). The zero-order valence-electron chi connectivity index (χ0n) is 14.2. The molecule has 6 heteroatoms. The van der Waals surface area contributed by atoms with E-state index in [-0.39, 0.29) is 24.6 Å². The Hall–Kier alpha value is -0.850. The highest BCUT2D eigenvalue weighted by molar-refractivity contribution is 5.67. The van der Waals surface area contributed by atoms with Gasteiger partial charge in [-0.25, -0.2) is 4.79 Å². The van der Waals surface area contributed by atoms with Gasteiger partial charge in [-0.2, -0.15) is 5.48 Å². The maximum atomic E-state index is 11.9. The van der Waals surface area contributed by atoms with Crippen molar-refractivity contribution in [2.24, 2.45) is 11.8 Å². The predicted molar refractivity (Wildman–Crippen MR) is 87.4 cm³/mol. The molecule has 2 atom stereocenters. The lowest BCUT2D eigenvalue weighted by atomic mass is 9.80. The molecular weight excluding hydrogens is 294 g/mol. The zero-order chi connectivity index (χ0) is 16.1. The summed E-state index contributed by atoms with van der Waals surface area (Å²) in [5, 5.41) is 6.38. The number of alkyl carbamates (subject to hydrolysis) is 1. The number of hydrogen-bond donors (Lipinski definition) is 3. The molecule has 3 fully saturated rings. The van der Waals surface area contributed by atoms with Gasteiger partial charge in [0.25, 0.3) is 0 Å². The highest BCUT2D eigenvalue weighted by atomic mass is 16.7. The first kappa shape index (κ1) is 17.0. The van der Waals surface area contributed by atoms with Crippen molar-refractivity contribution in [2.45, 2.75) is 83.2 Å². The molecule has 0 bridgehead atoms. The molecule has 0 spiro atoms. The third-order valence-electron chi connectivity index (χ3n) is 5.51. The summed E-state index contributed by atoms with van der Waals surface area (Å²) in [5.41, 5.74) is 3.09. The van der Waals surface area contributed by atoms with E-state index in [1.54, 1.807) is 0 Å². The standard InChI is InChI=1S/C17H31N3O3/c1-12-19-16(20-23-12)14-9-7-13(8-10-14)11-18-17(21)22-15-5-3-2-4-6-15/h12-16,19-20H,2-11H2,1H3,(H,18,21). The minimum Gasteiger partial charge on any atom is -0.446 e. The van der Waals surface area contributed by atoms with Gasteiger partial charge in [0.1, 0.15) is 12.3 Å². The number of carbonyl (C=O) groups is 1. The van der Waals surface area contributed by atoms with E-state index in [4.69, 9.17) is 9.57 Å². The van der Waals surface area contributed by atoms with Crippen LogP contribution in [0, 0.1) is 11.8 Å². The first-order valence-electron chi connectivity index (χ1n) is 9.32. The number of amides is 1. The second-order valence-electron chi connectivity index (χ2n) is 7.35. The van der Waals surface area contributed by atoms with Crippen molar-refractivity contribution in [3.8, 4) is 0 Å². The van der Waals surface area contributed by atoms with Crippen LogP contribution >= 0.6 is 0 Å². The molecule has 0 aromatic carbocycles. The Balaban J connectivity index is 1.30. The highest BCUT2D eigenvalue weighted by Crippen LogP contribution is 2.31. The predicted octanol–water partition coefficient (Wildman–Crippen LogP) is 2.65. The Labute approximate surface area is 139 Å². The summed E-state index contributed by atoms with van der Waals surface area (Å²) in [6, 6.07) is 0. The van der Waals surface area contributed by atoms with Gasteiger partial charge in [-0.3, -0.25) is 10.2 Å². The lowest BCUT2D eigenvalue weighted by Crippen LogP contribution is -2.42. The maximum absolute atomic E-state index is 11.9. The van der Waals surface area contributed by atoms with E-state index in [0.29, 0.717) is 11.8 Å². The molecule has 132 valence electrons. The SMILES string of the molecule is CC1NC(C2CCC(CNC(=O)OC3CCCCC3)CC2)NO1. The molecule has 2 unspecified atom stereocenters. The Bertz CT molecular complexity index is 379. The van der Waals surface area contributed by atoms with Gasteiger partial charge in [0.05, 0.1) is 6.17 Å². The third kappa shape index (κ3) is 5.06. The van der Waals surface area contributed by atoms with Gasteiger partial charge in [0.2, 0.25) is 0 Å². The highest BCUT2D eigenvalue weighted by Gasteiger charge is 2.32. The Morgan fingerprint density at radius 1 is 1.13 bits per heavy atom. The maximum Gasteiger partial charge on any atom is 0.407 e. The first-order valence-corrected chi connectivity index (χ1v) is 9.32. The van der Waals surface area contributed by atoms with Gasteiger partial charge in [0.15, 0.2) is 0 Å². The molecule has 3 N–H and O–H groups in total. The van der Waals surface area contributed by atoms with Gasteiger partial charge < -0.3 is 10.1 Å². The summed E-state index contributed by atoms with van der Waals surface area (Å²) in [6.07, 6.45) is 10.6. The monoisotopic (exact) mass is 325 g/mol. The van der Waals surface area contributed by atoms with Crippen LogP contribution in [0.25, 0.3) is 0 Å². The van der Waals surface area contributed by atoms with Gasteiger partial charge in [-0.05, 0) is 70.1 Å². The van der Waals surface area contributed by atoms with Crippen LogP contribution in [0.15, 0.2) is 0 Å². The summed E-state index contributed by atoms with van der Waals surface area (Å²) >= 11 is 0. The second kappa shape index (κ2) is 8.31. The van der Waals surface area contributed by atoms with E-state index in [1.807, 2.05) is 6.92 Å². The second-order valence-corrected chi connectivity index (χ2v) is 7.35. The summed E-state index contributed by atoms with van der Waals surface area (Å²) in [6.45, 7) is 2.76. The van der Waals surface area contributed by atoms with E-state index in [2.05, 4.69) is 16.1 Å². The van der Waals surface area contributed by atoms with Gasteiger partial charge >= 0.3 is 6.09 Å². The molecule has 0 radical (unpaired) electrons. The smallest absolute Gasteiger partial charge is 0.407 e. The van der Waals surface area contributed by atoms with Gasteiger partial charge in [-0.15, -0.1) is 0 Å². The lowest BCUT2D eigenvalue weighted by Gasteiger charge is -2.31. The van der Waals surface area contributed by atoms with Crippen molar-refractivity contribution < 1.29 is 14.4 Å². The minimum absolute atomic E-state index is 0.0916. The summed E-state index contributed by atoms with van der Waals surface area (Å²) in [5.74, 6) is 1.19. The van der Waals surface area contributed by atoms with Crippen molar-refractivity contribution in [1.29, 1.82) is 0 Å². The molecule has 2 aliphatic carbocycles. The molecule has 1 aliphatic heterocycles. The molecule has 23 heavy (non-hydrogen) atoms. The van der Waals surface area contributed by atoms with E-state index >= 15 is 0 Å². The minimum atomic E-state index is -0.222. The lowest BCUT2D eigenvalue weighted by molar-refractivity contribution is 0.0251. The number of hydrogen-bond acceptors (Lipinski definition) is 5. The van der Waals surface area contributed by atoms with Crippen molar-refractivity contribution in [2.75, 3.05) is 6.54 Å². The van der Waals surface area contributed by atoms with Crippen molar-refractivity contribution in [1.82, 2.24) is 16.1 Å². The quantitative estimate of drug-likeness (QED) is 0.741. The van der Waals surface area contributed by atoms with Crippen molar-refractivity contribution in [3.63, 3.8) is 0 Å². The first-order chi connectivity index (χ1) is 11.2. The number of nitrogens with one attached hydrogen (secondary N) is 3. The summed E-state index contributed by atoms with van der Waals surface area (Å²) < 4.78 is 5.51. The summed E-state index contributed by atoms with van der Waals surface area (Å²) in [7, 11) is 0. The van der Waals surface area contributed by atoms with E-state index in [0.717, 1.165) is 32.2 Å². The molecule has 0 aromatic rings. The van der Waals surface area contributed by atoms with Crippen LogP contribution in [-0.4, -0.2) is 31.1 Å². The van der Waals surface area contributed by atoms with E-state index in [9.17, 15) is 4.79 Å². The molecule has 1 saturated heterocycles. The molecule has 3 aliphatic rings. The average molecular weight is 325 g/mol. The molecule has 1 amide bonds. The fourth-order valence-corrected chi connectivity index (χ4v) is 4.06. The van der Waals surface area contributed by atoms with Gasteiger partial charge in [-0.1, -0.05) is 6.42 Å². The molecule has 2 saturated carbocycles. The normalized spacial score (nSPS) is 35.9. The average Bonchev–Trinajstić information content (AvgIpc) is 3.01. The number of ether oxygens (including phenoxy) is 1. The Kier molecular flexibility index (Phi) is 6.14. The Morgan fingerprint density at radius 2 is 1.87 bits per heavy atom. The summed E-state index contributed by atoms with van der Waals surface area (Å²) in [4.78, 5) is 17.3. The van der Waals surface area contributed by atoms with Crippen LogP contribution in [0.3, 0.4) is 0 Å². The van der Waals surface area contributed by atoms with Crippen LogP contribution in [-0.2, 0) is 9.57 Å². The Morgan fingerprint density at radius 3 is 2.52 bits per heavy atom. The van der Waals surface area contributed by atoms with Crippen molar-refractivity contribution in [3.05, 3.63) is 0 Å². The molecule has 1 heterocycles. The molecule has 0 aromatic heterocycles. The molecular formula is C17H31N3O3.